The Bertz CT molecular complexity index is 308. The first-order valence-corrected chi connectivity index (χ1v) is 6.33. The highest BCUT2D eigenvalue weighted by atomic mass is 32.2. The third-order valence-electron chi connectivity index (χ3n) is 2.13. The van der Waals surface area contributed by atoms with Crippen LogP contribution in [0.4, 0.5) is 0 Å². The minimum atomic E-state index is -1.20. The summed E-state index contributed by atoms with van der Waals surface area (Å²) in [4.78, 5) is 35.3. The van der Waals surface area contributed by atoms with Crippen molar-refractivity contribution in [1.29, 1.82) is 0 Å². The molecule has 1 aliphatic rings. The van der Waals surface area contributed by atoms with E-state index in [0.29, 0.717) is 0 Å². The second-order valence-electron chi connectivity index (χ2n) is 3.27. The summed E-state index contributed by atoms with van der Waals surface area (Å²) in [6.07, 6.45) is 0.128. The third-order valence-corrected chi connectivity index (χ3v) is 2.96. The number of carbonyl (C=O) groups is 3. The topological polar surface area (TPSA) is 98.7 Å². The summed E-state index contributed by atoms with van der Waals surface area (Å²) in [5, 5.41) is 9.03. The Balaban J connectivity index is 2.88. The van der Waals surface area contributed by atoms with E-state index in [1.54, 1.807) is 0 Å². The van der Waals surface area contributed by atoms with Crippen LogP contribution in [-0.2, 0) is 14.4 Å². The normalized spacial score (nSPS) is 19.7. The van der Waals surface area contributed by atoms with Crippen molar-refractivity contribution in [3.05, 3.63) is 0 Å². The molecule has 0 aliphatic carbocycles. The molecule has 0 radical (unpaired) electrons. The van der Waals surface area contributed by atoms with Crippen molar-refractivity contribution in [2.24, 2.45) is 0 Å². The van der Waals surface area contributed by atoms with Gasteiger partial charge in [-0.25, -0.2) is 14.2 Å². The van der Waals surface area contributed by atoms with Crippen LogP contribution in [0.3, 0.4) is 0 Å². The van der Waals surface area contributed by atoms with E-state index in [0.717, 1.165) is 17.0 Å². The minimum absolute atomic E-state index is 0.0975. The maximum Gasteiger partial charge on any atom is 0.326 e. The van der Waals surface area contributed by atoms with E-state index >= 15 is 0 Å². The first-order valence-electron chi connectivity index (χ1n) is 4.88. The van der Waals surface area contributed by atoms with Gasteiger partial charge in [0, 0.05) is 12.1 Å². The number of nitrogens with one attached hydrogen (secondary N) is 2. The summed E-state index contributed by atoms with van der Waals surface area (Å²) >= 11 is 4.97. The molecule has 0 unspecified atom stereocenters. The molecule has 1 fully saturated rings. The summed E-state index contributed by atoms with van der Waals surface area (Å²) in [6.45, 7) is -0.195. The molecule has 7 nitrogen and oxygen atoms in total. The van der Waals surface area contributed by atoms with Gasteiger partial charge in [0.15, 0.2) is 0 Å². The maximum atomic E-state index is 11.7. The highest BCUT2D eigenvalue weighted by Crippen LogP contribution is 2.09. The lowest BCUT2D eigenvalue weighted by Gasteiger charge is -2.28. The second-order valence-corrected chi connectivity index (χ2v) is 4.50. The van der Waals surface area contributed by atoms with Gasteiger partial charge >= 0.3 is 5.97 Å². The lowest BCUT2D eigenvalue weighted by Crippen LogP contribution is -2.54. The molecule has 96 valence electrons. The van der Waals surface area contributed by atoms with Crippen LogP contribution in [-0.4, -0.2) is 52.7 Å². The number of rotatable bonds is 4. The molecule has 2 amide bonds. The molecule has 0 spiro atoms. The van der Waals surface area contributed by atoms with E-state index in [1.165, 1.54) is 0 Å². The Kier molecular flexibility index (Phi) is 5.75. The van der Waals surface area contributed by atoms with Gasteiger partial charge in [-0.05, 0) is 12.2 Å². The number of amides is 2. The van der Waals surface area contributed by atoms with Crippen LogP contribution in [0.25, 0.3) is 0 Å². The van der Waals surface area contributed by atoms with E-state index in [-0.39, 0.29) is 25.3 Å². The molecule has 1 rings (SSSR count). The minimum Gasteiger partial charge on any atom is -0.480 e. The van der Waals surface area contributed by atoms with E-state index in [2.05, 4.69) is 22.1 Å². The molecule has 0 bridgehead atoms. The fourth-order valence-electron chi connectivity index (χ4n) is 1.39. The van der Waals surface area contributed by atoms with Gasteiger partial charge in [-0.3, -0.25) is 14.5 Å². The third kappa shape index (κ3) is 3.87. The largest absolute Gasteiger partial charge is 0.480 e. The predicted molar refractivity (Wildman–Crippen MR) is 65.3 cm³/mol. The zero-order valence-corrected chi connectivity index (χ0v) is 10.6. The van der Waals surface area contributed by atoms with E-state index in [9.17, 15) is 14.4 Å². The molecule has 1 saturated heterocycles. The van der Waals surface area contributed by atoms with E-state index in [1.807, 2.05) is 0 Å². The number of thiol groups is 1. The Labute approximate surface area is 108 Å². The van der Waals surface area contributed by atoms with E-state index < -0.39 is 23.8 Å². The highest BCUT2D eigenvalue weighted by molar-refractivity contribution is 7.95. The molecule has 3 N–H and O–H groups in total. The van der Waals surface area contributed by atoms with Crippen molar-refractivity contribution in [3.63, 3.8) is 0 Å². The second kappa shape index (κ2) is 6.84. The smallest absolute Gasteiger partial charge is 0.326 e. The van der Waals surface area contributed by atoms with Crippen molar-refractivity contribution >= 4 is 42.5 Å². The summed E-state index contributed by atoms with van der Waals surface area (Å²) < 4.78 is 5.35. The predicted octanol–water partition coefficient (Wildman–Crippen LogP) is -1.13. The number of imide groups is 1. The molecule has 0 aromatic rings. The highest BCUT2D eigenvalue weighted by Gasteiger charge is 2.34. The monoisotopic (exact) mass is 279 g/mol. The molecule has 0 saturated carbocycles. The van der Waals surface area contributed by atoms with Gasteiger partial charge in [0.2, 0.25) is 11.8 Å². The molecular formula is C8H13N3O4S2. The molecule has 9 heteroatoms. The quantitative estimate of drug-likeness (QED) is 0.294. The fourth-order valence-corrected chi connectivity index (χ4v) is 2.13. The van der Waals surface area contributed by atoms with Crippen LogP contribution in [0.2, 0.25) is 0 Å². The number of aliphatic carboxylic acids is 1. The molecular weight excluding hydrogens is 266 g/mol. The summed E-state index contributed by atoms with van der Waals surface area (Å²) in [6, 6.07) is -1.15. The average molecular weight is 279 g/mol. The fraction of sp³-hybridized carbons (Fsp3) is 0.625. The van der Waals surface area contributed by atoms with Gasteiger partial charge in [0.25, 0.3) is 0 Å². The number of hydrogen-bond acceptors (Lipinski definition) is 7. The first-order chi connectivity index (χ1) is 8.07. The Hall–Kier alpha value is -0.770. The summed E-state index contributed by atoms with van der Waals surface area (Å²) in [5.41, 5.74) is 0. The molecule has 1 aliphatic heterocycles. The van der Waals surface area contributed by atoms with Gasteiger partial charge < -0.3 is 5.11 Å². The zero-order valence-electron chi connectivity index (χ0n) is 8.88. The van der Waals surface area contributed by atoms with E-state index in [4.69, 9.17) is 5.11 Å². The van der Waals surface area contributed by atoms with Crippen LogP contribution in [0.1, 0.15) is 6.42 Å². The van der Waals surface area contributed by atoms with Gasteiger partial charge in [0.1, 0.15) is 6.04 Å². The molecule has 17 heavy (non-hydrogen) atoms. The molecule has 1 heterocycles. The molecule has 0 aromatic carbocycles. The van der Waals surface area contributed by atoms with Gasteiger partial charge in [-0.2, -0.15) is 12.6 Å². The zero-order chi connectivity index (χ0) is 12.8. The van der Waals surface area contributed by atoms with Crippen LogP contribution in [0, 0.1) is 0 Å². The molecule has 0 aromatic heterocycles. The van der Waals surface area contributed by atoms with Crippen LogP contribution < -0.4 is 9.44 Å². The summed E-state index contributed by atoms with van der Waals surface area (Å²) in [5.74, 6) is -2.01. The first kappa shape index (κ1) is 14.3. The maximum absolute atomic E-state index is 11.7. The lowest BCUT2D eigenvalue weighted by atomic mass is 10.2. The van der Waals surface area contributed by atoms with Crippen molar-refractivity contribution in [2.45, 2.75) is 12.5 Å². The number of carbonyl (C=O) groups excluding carboxylic acids is 2. The summed E-state index contributed by atoms with van der Waals surface area (Å²) in [7, 11) is 0. The standard InChI is InChI=1S/C8H13N3O4S2/c12-6-3-9-17-10-4-7(13)11(6)5(1-2-16)8(14)15/h5,9-10,16H,1-4H2,(H,14,15)/t5-/m0/s1. The Morgan fingerprint density at radius 2 is 1.94 bits per heavy atom. The van der Waals surface area contributed by atoms with Crippen LogP contribution in [0.15, 0.2) is 0 Å². The SMILES string of the molecule is O=C(O)[C@H](CCS)N1C(=O)CNSNCC1=O. The van der Waals surface area contributed by atoms with Gasteiger partial charge in [-0.15, -0.1) is 0 Å². The van der Waals surface area contributed by atoms with Crippen molar-refractivity contribution in [3.8, 4) is 0 Å². The van der Waals surface area contributed by atoms with Crippen LogP contribution >= 0.6 is 24.8 Å². The Morgan fingerprint density at radius 3 is 2.35 bits per heavy atom. The lowest BCUT2D eigenvalue weighted by molar-refractivity contribution is -0.157. The van der Waals surface area contributed by atoms with Gasteiger partial charge in [0.05, 0.1) is 13.1 Å². The molecule has 1 atom stereocenters. The van der Waals surface area contributed by atoms with Crippen molar-refractivity contribution in [1.82, 2.24) is 14.3 Å². The number of hydrogen-bond donors (Lipinski definition) is 4. The average Bonchev–Trinajstić information content (AvgIpc) is 2.25. The Morgan fingerprint density at radius 1 is 1.41 bits per heavy atom. The number of carboxylic acids is 1. The van der Waals surface area contributed by atoms with Gasteiger partial charge in [-0.1, -0.05) is 0 Å². The number of carboxylic acid groups (broad SMARTS) is 1. The van der Waals surface area contributed by atoms with Crippen molar-refractivity contribution < 1.29 is 19.5 Å². The van der Waals surface area contributed by atoms with Crippen molar-refractivity contribution in [2.75, 3.05) is 18.8 Å². The number of nitrogens with zero attached hydrogens (tertiary/aromatic N) is 1. The van der Waals surface area contributed by atoms with Crippen LogP contribution in [0.5, 0.6) is 0 Å².